The van der Waals surface area contributed by atoms with E-state index in [0.717, 1.165) is 28.2 Å². The quantitative estimate of drug-likeness (QED) is 0.674. The molecule has 1 heterocycles. The van der Waals surface area contributed by atoms with E-state index in [1.54, 1.807) is 11.4 Å². The number of thiophene rings is 1. The van der Waals surface area contributed by atoms with Crippen molar-refractivity contribution in [3.05, 3.63) is 55.9 Å². The first-order chi connectivity index (χ1) is 8.56. The Morgan fingerprint density at radius 3 is 2.89 bits per heavy atom. The van der Waals surface area contributed by atoms with E-state index in [0.29, 0.717) is 11.6 Å². The average Bonchev–Trinajstić information content (AvgIpc) is 2.79. The molecule has 0 spiro atoms. The number of nitro groups is 1. The van der Waals surface area contributed by atoms with Gasteiger partial charge in [-0.05, 0) is 30.2 Å². The minimum Gasteiger partial charge on any atom is -0.381 e. The summed E-state index contributed by atoms with van der Waals surface area (Å²) >= 11 is 7.05. The van der Waals surface area contributed by atoms with E-state index in [-0.39, 0.29) is 9.92 Å². The van der Waals surface area contributed by atoms with Crippen LogP contribution in [0.4, 0.5) is 10.7 Å². The molecule has 1 N–H and O–H groups in total. The maximum atomic E-state index is 10.6. The van der Waals surface area contributed by atoms with E-state index in [1.165, 1.54) is 0 Å². The van der Waals surface area contributed by atoms with Gasteiger partial charge in [-0.1, -0.05) is 29.0 Å². The SMILES string of the molecule is Cc1ccc(Cl)cc1NCc1csc([N+](=O)[O-])c1. The van der Waals surface area contributed by atoms with Crippen LogP contribution in [0.1, 0.15) is 11.1 Å². The van der Waals surface area contributed by atoms with E-state index < -0.39 is 0 Å². The zero-order chi connectivity index (χ0) is 13.1. The summed E-state index contributed by atoms with van der Waals surface area (Å²) in [4.78, 5) is 10.2. The molecule has 0 aliphatic heterocycles. The largest absolute Gasteiger partial charge is 0.381 e. The third-order valence-electron chi connectivity index (χ3n) is 2.50. The van der Waals surface area contributed by atoms with Gasteiger partial charge in [0.2, 0.25) is 0 Å². The predicted octanol–water partition coefficient (Wildman–Crippen LogP) is 4.23. The zero-order valence-electron chi connectivity index (χ0n) is 9.64. The van der Waals surface area contributed by atoms with Gasteiger partial charge in [0, 0.05) is 28.7 Å². The van der Waals surface area contributed by atoms with Gasteiger partial charge in [0.1, 0.15) is 0 Å². The van der Waals surface area contributed by atoms with Crippen LogP contribution in [0.3, 0.4) is 0 Å². The molecule has 0 saturated heterocycles. The molecule has 4 nitrogen and oxygen atoms in total. The normalized spacial score (nSPS) is 10.3. The maximum Gasteiger partial charge on any atom is 0.324 e. The average molecular weight is 283 g/mol. The lowest BCUT2D eigenvalue weighted by Gasteiger charge is -2.08. The van der Waals surface area contributed by atoms with Crippen molar-refractivity contribution in [2.45, 2.75) is 13.5 Å². The maximum absolute atomic E-state index is 10.6. The Morgan fingerprint density at radius 1 is 1.44 bits per heavy atom. The molecule has 2 aromatic rings. The van der Waals surface area contributed by atoms with E-state index in [9.17, 15) is 10.1 Å². The second-order valence-electron chi connectivity index (χ2n) is 3.86. The van der Waals surface area contributed by atoms with E-state index in [4.69, 9.17) is 11.6 Å². The molecule has 0 fully saturated rings. The van der Waals surface area contributed by atoms with Crippen LogP contribution in [-0.4, -0.2) is 4.92 Å². The molecule has 0 aliphatic carbocycles. The minimum absolute atomic E-state index is 0.162. The number of rotatable bonds is 4. The standard InChI is InChI=1S/C12H11ClN2O2S/c1-8-2-3-10(13)5-11(8)14-6-9-4-12(15(16)17)18-7-9/h2-5,7,14H,6H2,1H3. The molecule has 18 heavy (non-hydrogen) atoms. The lowest BCUT2D eigenvalue weighted by Crippen LogP contribution is -1.99. The van der Waals surface area contributed by atoms with Crippen LogP contribution in [0.2, 0.25) is 5.02 Å². The highest BCUT2D eigenvalue weighted by atomic mass is 35.5. The summed E-state index contributed by atoms with van der Waals surface area (Å²) < 4.78 is 0. The Balaban J connectivity index is 2.06. The predicted molar refractivity (Wildman–Crippen MR) is 74.5 cm³/mol. The lowest BCUT2D eigenvalue weighted by molar-refractivity contribution is -0.380. The first-order valence-electron chi connectivity index (χ1n) is 5.28. The monoisotopic (exact) mass is 282 g/mol. The van der Waals surface area contributed by atoms with Crippen molar-refractivity contribution in [1.82, 2.24) is 0 Å². The summed E-state index contributed by atoms with van der Waals surface area (Å²) in [5, 5.41) is 16.4. The van der Waals surface area contributed by atoms with Gasteiger partial charge in [0.25, 0.3) is 0 Å². The molecule has 2 rings (SSSR count). The summed E-state index contributed by atoms with van der Waals surface area (Å²) in [6.45, 7) is 2.53. The Bertz CT molecular complexity index is 583. The van der Waals surface area contributed by atoms with Crippen LogP contribution >= 0.6 is 22.9 Å². The molecule has 6 heteroatoms. The fourth-order valence-corrected chi connectivity index (χ4v) is 2.43. The number of nitrogens with one attached hydrogen (secondary N) is 1. The van der Waals surface area contributed by atoms with Crippen molar-refractivity contribution in [3.63, 3.8) is 0 Å². The third-order valence-corrected chi connectivity index (χ3v) is 3.67. The highest BCUT2D eigenvalue weighted by Gasteiger charge is 2.09. The number of halogens is 1. The minimum atomic E-state index is -0.376. The first kappa shape index (κ1) is 12.9. The van der Waals surface area contributed by atoms with Gasteiger partial charge in [-0.25, -0.2) is 0 Å². The van der Waals surface area contributed by atoms with Gasteiger partial charge in [0.15, 0.2) is 0 Å². The Morgan fingerprint density at radius 2 is 2.22 bits per heavy atom. The molecular formula is C12H11ClN2O2S. The third kappa shape index (κ3) is 3.00. The number of hydrogen-bond acceptors (Lipinski definition) is 4. The zero-order valence-corrected chi connectivity index (χ0v) is 11.2. The highest BCUT2D eigenvalue weighted by molar-refractivity contribution is 7.13. The van der Waals surface area contributed by atoms with Crippen molar-refractivity contribution >= 4 is 33.6 Å². The van der Waals surface area contributed by atoms with Crippen LogP contribution in [0.15, 0.2) is 29.6 Å². The van der Waals surface area contributed by atoms with E-state index in [2.05, 4.69) is 5.32 Å². The summed E-state index contributed by atoms with van der Waals surface area (Å²) in [5.74, 6) is 0. The Kier molecular flexibility index (Phi) is 3.84. The molecule has 0 bridgehead atoms. The van der Waals surface area contributed by atoms with Crippen LogP contribution in [-0.2, 0) is 6.54 Å². The molecule has 0 saturated carbocycles. The van der Waals surface area contributed by atoms with Gasteiger partial charge in [0.05, 0.1) is 4.92 Å². The summed E-state index contributed by atoms with van der Waals surface area (Å²) in [6, 6.07) is 7.19. The number of aryl methyl sites for hydroxylation is 1. The van der Waals surface area contributed by atoms with Crippen LogP contribution < -0.4 is 5.32 Å². The van der Waals surface area contributed by atoms with Gasteiger partial charge >= 0.3 is 5.00 Å². The number of nitrogens with zero attached hydrogens (tertiary/aromatic N) is 1. The van der Waals surface area contributed by atoms with Crippen LogP contribution in [0.5, 0.6) is 0 Å². The smallest absolute Gasteiger partial charge is 0.324 e. The molecule has 1 aromatic heterocycles. The van der Waals surface area contributed by atoms with Crippen molar-refractivity contribution in [2.24, 2.45) is 0 Å². The molecule has 0 radical (unpaired) electrons. The van der Waals surface area contributed by atoms with Crippen molar-refractivity contribution in [3.8, 4) is 0 Å². The Labute approximate surface area is 113 Å². The van der Waals surface area contributed by atoms with E-state index >= 15 is 0 Å². The van der Waals surface area contributed by atoms with E-state index in [1.807, 2.05) is 25.1 Å². The summed E-state index contributed by atoms with van der Waals surface area (Å²) in [6.07, 6.45) is 0. The molecule has 0 atom stereocenters. The van der Waals surface area contributed by atoms with Gasteiger partial charge in [-0.15, -0.1) is 0 Å². The van der Waals surface area contributed by atoms with Crippen molar-refractivity contribution < 1.29 is 4.92 Å². The van der Waals surface area contributed by atoms with Gasteiger partial charge in [-0.3, -0.25) is 10.1 Å². The fraction of sp³-hybridized carbons (Fsp3) is 0.167. The molecule has 94 valence electrons. The first-order valence-corrected chi connectivity index (χ1v) is 6.54. The number of anilines is 1. The summed E-state index contributed by atoms with van der Waals surface area (Å²) in [7, 11) is 0. The van der Waals surface area contributed by atoms with Crippen LogP contribution in [0, 0.1) is 17.0 Å². The van der Waals surface area contributed by atoms with Gasteiger partial charge < -0.3 is 5.32 Å². The number of benzene rings is 1. The van der Waals surface area contributed by atoms with Gasteiger partial charge in [-0.2, -0.15) is 0 Å². The second-order valence-corrected chi connectivity index (χ2v) is 5.19. The van der Waals surface area contributed by atoms with Crippen molar-refractivity contribution in [2.75, 3.05) is 5.32 Å². The molecule has 0 unspecified atom stereocenters. The fourth-order valence-electron chi connectivity index (χ4n) is 1.53. The second kappa shape index (κ2) is 5.37. The lowest BCUT2D eigenvalue weighted by atomic mass is 10.2. The van der Waals surface area contributed by atoms with Crippen LogP contribution in [0.25, 0.3) is 0 Å². The summed E-state index contributed by atoms with van der Waals surface area (Å²) in [5.41, 5.74) is 2.92. The highest BCUT2D eigenvalue weighted by Crippen LogP contribution is 2.25. The van der Waals surface area contributed by atoms with Crippen molar-refractivity contribution in [1.29, 1.82) is 0 Å². The Hall–Kier alpha value is -1.59. The number of hydrogen-bond donors (Lipinski definition) is 1. The molecule has 0 aliphatic rings. The topological polar surface area (TPSA) is 55.2 Å². The molecule has 1 aromatic carbocycles. The molecular weight excluding hydrogens is 272 g/mol. The molecule has 0 amide bonds.